The molecular weight excluding hydrogens is 497 g/mol. The van der Waals surface area contributed by atoms with Crippen LogP contribution in [-0.4, -0.2) is 82.8 Å². The molecule has 0 atom stereocenters. The van der Waals surface area contributed by atoms with Crippen LogP contribution < -0.4 is 20.3 Å². The second-order valence-electron chi connectivity index (χ2n) is 7.01. The fourth-order valence-electron chi connectivity index (χ4n) is 3.33. The Kier molecular flexibility index (Phi) is 14.3. The van der Waals surface area contributed by atoms with Crippen molar-refractivity contribution < 1.29 is 4.74 Å². The lowest BCUT2D eigenvalue weighted by molar-refractivity contribution is 0.255. The molecule has 6 nitrogen and oxygen atoms in total. The number of hydrogen-bond donors (Lipinski definition) is 2. The van der Waals surface area contributed by atoms with Crippen molar-refractivity contribution in [3.8, 4) is 5.75 Å². The summed E-state index contributed by atoms with van der Waals surface area (Å²) < 4.78 is 5.24. The SMILES string of the molecule is CN=C(NCCCCSC)NCCCN1CCN(c2ccc(OC)cc2)CC1.I. The van der Waals surface area contributed by atoms with Gasteiger partial charge in [-0.15, -0.1) is 24.0 Å². The van der Waals surface area contributed by atoms with Crippen LogP contribution in [0.5, 0.6) is 5.75 Å². The molecule has 0 bridgehead atoms. The topological polar surface area (TPSA) is 52.1 Å². The van der Waals surface area contributed by atoms with E-state index >= 15 is 0 Å². The molecule has 0 saturated carbocycles. The zero-order valence-corrected chi connectivity index (χ0v) is 21.3. The van der Waals surface area contributed by atoms with E-state index in [1.807, 2.05) is 30.9 Å². The number of nitrogens with zero attached hydrogens (tertiary/aromatic N) is 3. The zero-order valence-electron chi connectivity index (χ0n) is 18.2. The summed E-state index contributed by atoms with van der Waals surface area (Å²) in [5, 5.41) is 6.83. The molecule has 0 aromatic heterocycles. The number of guanidine groups is 1. The first-order valence-electron chi connectivity index (χ1n) is 10.3. The van der Waals surface area contributed by atoms with Crippen molar-refractivity contribution in [3.63, 3.8) is 0 Å². The van der Waals surface area contributed by atoms with Crippen molar-refractivity contribution in [2.24, 2.45) is 4.99 Å². The summed E-state index contributed by atoms with van der Waals surface area (Å²) in [6.07, 6.45) is 5.75. The van der Waals surface area contributed by atoms with Crippen LogP contribution in [-0.2, 0) is 0 Å². The minimum Gasteiger partial charge on any atom is -0.497 e. The van der Waals surface area contributed by atoms with Gasteiger partial charge in [0.25, 0.3) is 0 Å². The van der Waals surface area contributed by atoms with E-state index < -0.39 is 0 Å². The van der Waals surface area contributed by atoms with Crippen LogP contribution in [0.15, 0.2) is 29.3 Å². The van der Waals surface area contributed by atoms with Crippen LogP contribution in [0.1, 0.15) is 19.3 Å². The third kappa shape index (κ3) is 10.1. The van der Waals surface area contributed by atoms with Gasteiger partial charge in [-0.3, -0.25) is 9.89 Å². The average molecular weight is 536 g/mol. The third-order valence-electron chi connectivity index (χ3n) is 5.04. The number of anilines is 1. The summed E-state index contributed by atoms with van der Waals surface area (Å²) in [5.74, 6) is 3.08. The molecule has 1 saturated heterocycles. The molecule has 2 N–H and O–H groups in total. The van der Waals surface area contributed by atoms with Crippen LogP contribution in [0.3, 0.4) is 0 Å². The molecule has 1 fully saturated rings. The molecule has 1 aromatic rings. The lowest BCUT2D eigenvalue weighted by Crippen LogP contribution is -2.47. The Labute approximate surface area is 198 Å². The smallest absolute Gasteiger partial charge is 0.190 e. The first-order chi connectivity index (χ1) is 13.8. The quantitative estimate of drug-likeness (QED) is 0.197. The number of nitrogens with one attached hydrogen (secondary N) is 2. The number of benzene rings is 1. The fourth-order valence-corrected chi connectivity index (χ4v) is 3.82. The summed E-state index contributed by atoms with van der Waals surface area (Å²) in [4.78, 5) is 9.32. The number of halogens is 1. The van der Waals surface area contributed by atoms with Gasteiger partial charge in [-0.2, -0.15) is 11.8 Å². The summed E-state index contributed by atoms with van der Waals surface area (Å²) in [6, 6.07) is 8.38. The highest BCUT2D eigenvalue weighted by Crippen LogP contribution is 2.20. The van der Waals surface area contributed by atoms with Crippen molar-refractivity contribution in [3.05, 3.63) is 24.3 Å². The Morgan fingerprint density at radius 3 is 2.28 bits per heavy atom. The summed E-state index contributed by atoms with van der Waals surface area (Å²) in [6.45, 7) is 7.49. The van der Waals surface area contributed by atoms with Gasteiger partial charge in [-0.05, 0) is 62.1 Å². The van der Waals surface area contributed by atoms with E-state index in [0.717, 1.165) is 63.9 Å². The van der Waals surface area contributed by atoms with E-state index in [0.29, 0.717) is 0 Å². The highest BCUT2D eigenvalue weighted by Gasteiger charge is 2.16. The van der Waals surface area contributed by atoms with E-state index in [1.54, 1.807) is 7.11 Å². The highest BCUT2D eigenvalue weighted by atomic mass is 127. The zero-order chi connectivity index (χ0) is 20.0. The Morgan fingerprint density at radius 2 is 1.69 bits per heavy atom. The van der Waals surface area contributed by atoms with Crippen LogP contribution >= 0.6 is 35.7 Å². The van der Waals surface area contributed by atoms with Crippen LogP contribution in [0, 0.1) is 0 Å². The molecule has 1 aliphatic rings. The second kappa shape index (κ2) is 15.9. The molecule has 0 unspecified atom stereocenters. The summed E-state index contributed by atoms with van der Waals surface area (Å²) >= 11 is 1.91. The van der Waals surface area contributed by atoms with Gasteiger partial charge in [0, 0.05) is 52.0 Å². The van der Waals surface area contributed by atoms with Gasteiger partial charge in [0.1, 0.15) is 5.75 Å². The molecule has 0 amide bonds. The van der Waals surface area contributed by atoms with E-state index in [1.165, 1.54) is 24.3 Å². The largest absolute Gasteiger partial charge is 0.497 e. The van der Waals surface area contributed by atoms with Crippen LogP contribution in [0.4, 0.5) is 5.69 Å². The van der Waals surface area contributed by atoms with Gasteiger partial charge in [-0.25, -0.2) is 0 Å². The molecule has 8 heteroatoms. The van der Waals surface area contributed by atoms with Gasteiger partial charge in [-0.1, -0.05) is 0 Å². The van der Waals surface area contributed by atoms with Gasteiger partial charge in [0.2, 0.25) is 0 Å². The average Bonchev–Trinajstić information content (AvgIpc) is 2.75. The first kappa shape index (κ1) is 26.2. The molecule has 1 heterocycles. The molecule has 0 aliphatic carbocycles. The number of rotatable bonds is 11. The van der Waals surface area contributed by atoms with Crippen LogP contribution in [0.2, 0.25) is 0 Å². The number of unbranched alkanes of at least 4 members (excludes halogenated alkanes) is 1. The Morgan fingerprint density at radius 1 is 1.03 bits per heavy atom. The normalized spacial score (nSPS) is 15.0. The van der Waals surface area contributed by atoms with Crippen LogP contribution in [0.25, 0.3) is 0 Å². The lowest BCUT2D eigenvalue weighted by Gasteiger charge is -2.36. The van der Waals surface area contributed by atoms with Crippen molar-refractivity contribution in [1.29, 1.82) is 0 Å². The second-order valence-corrected chi connectivity index (χ2v) is 7.99. The highest BCUT2D eigenvalue weighted by molar-refractivity contribution is 14.0. The van der Waals surface area contributed by atoms with Gasteiger partial charge >= 0.3 is 0 Å². The third-order valence-corrected chi connectivity index (χ3v) is 5.74. The maximum Gasteiger partial charge on any atom is 0.190 e. The molecule has 1 aliphatic heterocycles. The number of hydrogen-bond acceptors (Lipinski definition) is 5. The predicted molar refractivity (Wildman–Crippen MR) is 139 cm³/mol. The maximum atomic E-state index is 5.24. The van der Waals surface area contributed by atoms with E-state index in [9.17, 15) is 0 Å². The lowest BCUT2D eigenvalue weighted by atomic mass is 10.2. The standard InChI is InChI=1S/C21H37N5OS.HI/c1-22-21(23-11-4-5-18-28-3)24-12-6-13-25-14-16-26(17-15-25)19-7-9-20(27-2)10-8-19;/h7-10H,4-6,11-18H2,1-3H3,(H2,22,23,24);1H. The fraction of sp³-hybridized carbons (Fsp3) is 0.667. The van der Waals surface area contributed by atoms with Crippen molar-refractivity contribution in [2.45, 2.75) is 19.3 Å². The molecule has 0 radical (unpaired) electrons. The summed E-state index contributed by atoms with van der Waals surface area (Å²) in [7, 11) is 3.55. The van der Waals surface area contributed by atoms with Gasteiger partial charge < -0.3 is 20.3 Å². The number of ether oxygens (including phenoxy) is 1. The molecule has 1 aromatic carbocycles. The maximum absolute atomic E-state index is 5.24. The van der Waals surface area contributed by atoms with Crippen molar-refractivity contribution in [2.75, 3.05) is 76.9 Å². The first-order valence-corrected chi connectivity index (χ1v) is 11.7. The minimum atomic E-state index is 0. The Balaban J connectivity index is 0.00000420. The predicted octanol–water partition coefficient (Wildman–Crippen LogP) is 3.13. The molecule has 29 heavy (non-hydrogen) atoms. The van der Waals surface area contributed by atoms with E-state index in [4.69, 9.17) is 4.74 Å². The number of aliphatic imine (C=N–C) groups is 1. The Hall–Kier alpha value is -0.870. The van der Waals surface area contributed by atoms with E-state index in [-0.39, 0.29) is 24.0 Å². The van der Waals surface area contributed by atoms with Gasteiger partial charge in [0.05, 0.1) is 7.11 Å². The summed E-state index contributed by atoms with van der Waals surface area (Å²) in [5.41, 5.74) is 1.29. The van der Waals surface area contributed by atoms with Gasteiger partial charge in [0.15, 0.2) is 5.96 Å². The Bertz CT molecular complexity index is 565. The van der Waals surface area contributed by atoms with Crippen molar-refractivity contribution in [1.82, 2.24) is 15.5 Å². The number of methoxy groups -OCH3 is 1. The molecular formula is C21H38IN5OS. The van der Waals surface area contributed by atoms with Crippen molar-refractivity contribution >= 4 is 47.4 Å². The molecule has 166 valence electrons. The molecule has 2 rings (SSSR count). The molecule has 0 spiro atoms. The minimum absolute atomic E-state index is 0. The van der Waals surface area contributed by atoms with E-state index in [2.05, 4.69) is 43.8 Å². The monoisotopic (exact) mass is 535 g/mol. The number of piperazine rings is 1. The number of thioether (sulfide) groups is 1.